The molecule has 3 amide bonds. The minimum Gasteiger partial charge on any atom is -0.353 e. The Morgan fingerprint density at radius 2 is 1.77 bits per heavy atom. The van der Waals surface area contributed by atoms with Crippen LogP contribution in [0, 0.1) is 12.3 Å². The predicted octanol–water partition coefficient (Wildman–Crippen LogP) is 4.07. The summed E-state index contributed by atoms with van der Waals surface area (Å²) in [5.74, 6) is 0.0956. The molecule has 0 spiro atoms. The van der Waals surface area contributed by atoms with Crippen LogP contribution in [-0.2, 0) is 4.79 Å². The second-order valence-corrected chi connectivity index (χ2v) is 8.84. The van der Waals surface area contributed by atoms with Crippen molar-refractivity contribution in [3.8, 4) is 0 Å². The van der Waals surface area contributed by atoms with Crippen LogP contribution in [0.3, 0.4) is 0 Å². The number of fused-ring (bicyclic) bond motifs is 2. The number of aryl methyl sites for hydroxylation is 1. The highest BCUT2D eigenvalue weighted by Crippen LogP contribution is 2.35. The van der Waals surface area contributed by atoms with Gasteiger partial charge in [-0.25, -0.2) is 4.79 Å². The van der Waals surface area contributed by atoms with Crippen molar-refractivity contribution in [1.29, 1.82) is 0 Å². The number of benzene rings is 1. The Kier molecular flexibility index (Phi) is 5.26. The minimum absolute atomic E-state index is 0.00843. The Hall–Kier alpha value is -2.04. The monoisotopic (exact) mass is 357 g/mol. The number of amides is 3. The van der Waals surface area contributed by atoms with Gasteiger partial charge in [0.2, 0.25) is 5.91 Å². The van der Waals surface area contributed by atoms with Crippen molar-refractivity contribution >= 4 is 17.6 Å². The average molecular weight is 357 g/mol. The van der Waals surface area contributed by atoms with Gasteiger partial charge in [0, 0.05) is 29.2 Å². The summed E-state index contributed by atoms with van der Waals surface area (Å²) in [4.78, 5) is 27.3. The van der Waals surface area contributed by atoms with Crippen molar-refractivity contribution in [2.75, 3.05) is 5.32 Å². The van der Waals surface area contributed by atoms with Crippen LogP contribution in [0.15, 0.2) is 24.3 Å². The number of carbonyl (C=O) groups is 2. The molecular formula is C21H31N3O2. The standard InChI is InChI=1S/C21H31N3O2/c1-14-7-5-8-15(11-14)23-20(26)24-17-9-6-10-18(24)13-16(12-17)22-19(25)21(2,3)4/h5,7-8,11,16-18H,6,9-10,12-13H2,1-4H3,(H,22,25)(H,23,26)/t17-,18-/m0/s1. The highest BCUT2D eigenvalue weighted by atomic mass is 16.2. The number of hydrogen-bond donors (Lipinski definition) is 2. The summed E-state index contributed by atoms with van der Waals surface area (Å²) in [6.07, 6.45) is 4.88. The molecule has 5 nitrogen and oxygen atoms in total. The Morgan fingerprint density at radius 1 is 1.12 bits per heavy atom. The number of anilines is 1. The first-order valence-corrected chi connectivity index (χ1v) is 9.71. The Bertz CT molecular complexity index is 666. The third-order valence-electron chi connectivity index (χ3n) is 5.49. The van der Waals surface area contributed by atoms with E-state index in [2.05, 4.69) is 10.6 Å². The molecule has 1 aromatic carbocycles. The van der Waals surface area contributed by atoms with Crippen molar-refractivity contribution in [2.24, 2.45) is 5.41 Å². The lowest BCUT2D eigenvalue weighted by molar-refractivity contribution is -0.129. The van der Waals surface area contributed by atoms with Gasteiger partial charge in [0.1, 0.15) is 0 Å². The summed E-state index contributed by atoms with van der Waals surface area (Å²) < 4.78 is 0. The maximum Gasteiger partial charge on any atom is 0.322 e. The van der Waals surface area contributed by atoms with E-state index in [1.807, 2.05) is 56.9 Å². The van der Waals surface area contributed by atoms with E-state index in [1.54, 1.807) is 0 Å². The van der Waals surface area contributed by atoms with E-state index in [9.17, 15) is 9.59 Å². The highest BCUT2D eigenvalue weighted by molar-refractivity contribution is 5.90. The first-order chi connectivity index (χ1) is 12.2. The number of hydrogen-bond acceptors (Lipinski definition) is 2. The Labute approximate surface area is 156 Å². The first-order valence-electron chi connectivity index (χ1n) is 9.71. The number of nitrogens with zero attached hydrogens (tertiary/aromatic N) is 1. The van der Waals surface area contributed by atoms with E-state index in [-0.39, 0.29) is 35.5 Å². The van der Waals surface area contributed by atoms with E-state index in [0.717, 1.165) is 43.4 Å². The van der Waals surface area contributed by atoms with E-state index in [4.69, 9.17) is 0 Å². The SMILES string of the molecule is Cc1cccc(NC(=O)N2[C@H]3CCC[C@H]2CC(NC(=O)C(C)(C)C)C3)c1. The van der Waals surface area contributed by atoms with Gasteiger partial charge < -0.3 is 15.5 Å². The van der Waals surface area contributed by atoms with Crippen LogP contribution >= 0.6 is 0 Å². The zero-order valence-electron chi connectivity index (χ0n) is 16.3. The van der Waals surface area contributed by atoms with Crippen LogP contribution < -0.4 is 10.6 Å². The Morgan fingerprint density at radius 3 is 2.35 bits per heavy atom. The van der Waals surface area contributed by atoms with E-state index >= 15 is 0 Å². The molecule has 2 aliphatic rings. The largest absolute Gasteiger partial charge is 0.353 e. The average Bonchev–Trinajstić information content (AvgIpc) is 2.53. The minimum atomic E-state index is -0.380. The third kappa shape index (κ3) is 4.19. The molecule has 0 saturated carbocycles. The summed E-state index contributed by atoms with van der Waals surface area (Å²) in [7, 11) is 0. The molecule has 0 aliphatic carbocycles. The van der Waals surface area contributed by atoms with E-state index in [1.165, 1.54) is 0 Å². The normalized spacial score (nSPS) is 25.5. The van der Waals surface area contributed by atoms with Crippen molar-refractivity contribution in [3.05, 3.63) is 29.8 Å². The van der Waals surface area contributed by atoms with Gasteiger partial charge in [-0.2, -0.15) is 0 Å². The molecule has 2 N–H and O–H groups in total. The van der Waals surface area contributed by atoms with Crippen LogP contribution in [0.4, 0.5) is 10.5 Å². The molecule has 5 heteroatoms. The zero-order valence-corrected chi connectivity index (χ0v) is 16.3. The van der Waals surface area contributed by atoms with Gasteiger partial charge in [0.15, 0.2) is 0 Å². The van der Waals surface area contributed by atoms with Crippen LogP contribution in [0.25, 0.3) is 0 Å². The molecule has 2 heterocycles. The smallest absolute Gasteiger partial charge is 0.322 e. The number of piperidine rings is 2. The molecule has 26 heavy (non-hydrogen) atoms. The molecule has 1 aromatic rings. The zero-order chi connectivity index (χ0) is 18.9. The van der Waals surface area contributed by atoms with E-state index in [0.29, 0.717) is 0 Å². The predicted molar refractivity (Wildman–Crippen MR) is 104 cm³/mol. The maximum absolute atomic E-state index is 12.9. The lowest BCUT2D eigenvalue weighted by atomic mass is 9.81. The molecule has 2 atom stereocenters. The maximum atomic E-state index is 12.9. The molecule has 2 bridgehead atoms. The highest BCUT2D eigenvalue weighted by Gasteiger charge is 2.41. The van der Waals surface area contributed by atoms with Crippen molar-refractivity contribution in [1.82, 2.24) is 10.2 Å². The number of carbonyl (C=O) groups excluding carboxylic acids is 2. The molecule has 2 saturated heterocycles. The molecule has 3 rings (SSSR count). The molecule has 0 aromatic heterocycles. The molecule has 2 fully saturated rings. The van der Waals surface area contributed by atoms with E-state index < -0.39 is 0 Å². The lowest BCUT2D eigenvalue weighted by Crippen LogP contribution is -2.60. The van der Waals surface area contributed by atoms with Crippen molar-refractivity contribution in [3.63, 3.8) is 0 Å². The second-order valence-electron chi connectivity index (χ2n) is 8.84. The van der Waals surface area contributed by atoms with Crippen LogP contribution in [0.2, 0.25) is 0 Å². The number of nitrogens with one attached hydrogen (secondary N) is 2. The molecule has 0 unspecified atom stereocenters. The summed E-state index contributed by atoms with van der Waals surface area (Å²) in [5.41, 5.74) is 1.59. The van der Waals surface area contributed by atoms with Crippen LogP contribution in [-0.4, -0.2) is 35.0 Å². The first kappa shape index (κ1) is 18.7. The van der Waals surface area contributed by atoms with Crippen LogP contribution in [0.1, 0.15) is 58.4 Å². The summed E-state index contributed by atoms with van der Waals surface area (Å²) >= 11 is 0. The fourth-order valence-electron chi connectivity index (χ4n) is 4.14. The number of urea groups is 1. The van der Waals surface area contributed by atoms with Crippen LogP contribution in [0.5, 0.6) is 0 Å². The van der Waals surface area contributed by atoms with Gasteiger partial charge >= 0.3 is 6.03 Å². The van der Waals surface area contributed by atoms with Gasteiger partial charge in [-0.15, -0.1) is 0 Å². The fraction of sp³-hybridized carbons (Fsp3) is 0.619. The quantitative estimate of drug-likeness (QED) is 0.838. The number of rotatable bonds is 2. The van der Waals surface area contributed by atoms with Crippen molar-refractivity contribution in [2.45, 2.75) is 77.9 Å². The summed E-state index contributed by atoms with van der Waals surface area (Å²) in [6, 6.07) is 8.47. The van der Waals surface area contributed by atoms with Gasteiger partial charge in [-0.1, -0.05) is 32.9 Å². The van der Waals surface area contributed by atoms with Crippen molar-refractivity contribution < 1.29 is 9.59 Å². The molecule has 0 radical (unpaired) electrons. The summed E-state index contributed by atoms with van der Waals surface area (Å²) in [5, 5.41) is 6.27. The van der Waals surface area contributed by atoms with Gasteiger partial charge in [0.05, 0.1) is 0 Å². The molecule has 142 valence electrons. The third-order valence-corrected chi connectivity index (χ3v) is 5.49. The lowest BCUT2D eigenvalue weighted by Gasteiger charge is -2.49. The fourth-order valence-corrected chi connectivity index (χ4v) is 4.14. The topological polar surface area (TPSA) is 61.4 Å². The van der Waals surface area contributed by atoms with Gasteiger partial charge in [-0.3, -0.25) is 4.79 Å². The van der Waals surface area contributed by atoms with Gasteiger partial charge in [-0.05, 0) is 56.7 Å². The molecule has 2 aliphatic heterocycles. The molecular weight excluding hydrogens is 326 g/mol. The van der Waals surface area contributed by atoms with Gasteiger partial charge in [0.25, 0.3) is 0 Å². The Balaban J connectivity index is 1.67. The second kappa shape index (κ2) is 7.29. The summed E-state index contributed by atoms with van der Waals surface area (Å²) in [6.45, 7) is 7.84.